The van der Waals surface area contributed by atoms with Crippen molar-refractivity contribution in [3.05, 3.63) is 88.1 Å². The average Bonchev–Trinajstić information content (AvgIpc) is 2.99. The van der Waals surface area contributed by atoms with Gasteiger partial charge in [-0.25, -0.2) is 0 Å². The van der Waals surface area contributed by atoms with Crippen LogP contribution in [0.25, 0.3) is 33.4 Å². The van der Waals surface area contributed by atoms with Gasteiger partial charge < -0.3 is 38.7 Å². The Balaban J connectivity index is 1.55. The Bertz CT molecular complexity index is 1960. The van der Waals surface area contributed by atoms with Gasteiger partial charge in [-0.3, -0.25) is 9.59 Å². The molecule has 0 saturated heterocycles. The Kier molecular flexibility index (Phi) is 6.81. The lowest BCUT2D eigenvalue weighted by Gasteiger charge is -2.29. The van der Waals surface area contributed by atoms with E-state index in [0.29, 0.717) is 28.2 Å². The van der Waals surface area contributed by atoms with E-state index in [1.807, 2.05) is 0 Å². The van der Waals surface area contributed by atoms with E-state index in [1.54, 1.807) is 49.6 Å². The minimum atomic E-state index is -0.663. The van der Waals surface area contributed by atoms with Crippen molar-refractivity contribution < 1.29 is 43.5 Å². The summed E-state index contributed by atoms with van der Waals surface area (Å²) in [6.45, 7) is 0. The number of ketones is 1. The van der Waals surface area contributed by atoms with Gasteiger partial charge in [0, 0.05) is 35.4 Å². The second kappa shape index (κ2) is 10.6. The molecule has 1 atom stereocenters. The molecular formula is C33H26O10. The van der Waals surface area contributed by atoms with Crippen LogP contribution in [0.3, 0.4) is 0 Å². The summed E-state index contributed by atoms with van der Waals surface area (Å²) in [7, 11) is 4.46. The maximum absolute atomic E-state index is 13.4. The number of carbonyl (C=O) groups excluding carboxylic acids is 1. The summed E-state index contributed by atoms with van der Waals surface area (Å²) in [5.74, 6) is 0.223. The molecule has 3 N–H and O–H groups in total. The molecule has 2 heterocycles. The highest BCUT2D eigenvalue weighted by molar-refractivity contribution is 6.06. The van der Waals surface area contributed by atoms with E-state index in [4.69, 9.17) is 23.4 Å². The fraction of sp³-hybridized carbons (Fsp3) is 0.152. The van der Waals surface area contributed by atoms with Gasteiger partial charge in [-0.1, -0.05) is 12.1 Å². The Morgan fingerprint density at radius 1 is 0.767 bits per heavy atom. The Morgan fingerprint density at radius 3 is 2.21 bits per heavy atom. The minimum absolute atomic E-state index is 0.00221. The lowest BCUT2D eigenvalue weighted by molar-refractivity contribution is 0.0846. The predicted octanol–water partition coefficient (Wildman–Crippen LogP) is 5.98. The molecule has 5 aromatic rings. The molecule has 218 valence electrons. The maximum atomic E-state index is 13.4. The van der Waals surface area contributed by atoms with Crippen LogP contribution in [0.4, 0.5) is 0 Å². The number of aromatic hydroxyl groups is 3. The number of hydrogen-bond acceptors (Lipinski definition) is 10. The topological polar surface area (TPSA) is 145 Å². The SMILES string of the molecule is COc1ccc(C2CC(=O)c3c(O)cc(OC)c(-c4cc(-c5cc(=O)c6c(O)cc(O)cc6o5)ccc4OC)c3O2)cc1. The number of methoxy groups -OCH3 is 3. The second-order valence-electron chi connectivity index (χ2n) is 9.91. The van der Waals surface area contributed by atoms with Crippen molar-refractivity contribution in [3.8, 4) is 62.7 Å². The molecule has 0 saturated carbocycles. The fourth-order valence-electron chi connectivity index (χ4n) is 5.34. The summed E-state index contributed by atoms with van der Waals surface area (Å²) in [4.78, 5) is 26.3. The van der Waals surface area contributed by atoms with Gasteiger partial charge in [0.15, 0.2) is 11.2 Å². The molecule has 6 rings (SSSR count). The van der Waals surface area contributed by atoms with Gasteiger partial charge in [0.1, 0.15) is 68.6 Å². The summed E-state index contributed by atoms with van der Waals surface area (Å²) in [6, 6.07) is 17.0. The molecule has 10 nitrogen and oxygen atoms in total. The van der Waals surface area contributed by atoms with Crippen molar-refractivity contribution in [3.63, 3.8) is 0 Å². The van der Waals surface area contributed by atoms with Crippen molar-refractivity contribution in [1.82, 2.24) is 0 Å². The van der Waals surface area contributed by atoms with E-state index in [2.05, 4.69) is 0 Å². The smallest absolute Gasteiger partial charge is 0.197 e. The predicted molar refractivity (Wildman–Crippen MR) is 157 cm³/mol. The molecule has 1 unspecified atom stereocenters. The first-order valence-corrected chi connectivity index (χ1v) is 13.2. The Labute approximate surface area is 244 Å². The van der Waals surface area contributed by atoms with Gasteiger partial charge >= 0.3 is 0 Å². The van der Waals surface area contributed by atoms with Crippen molar-refractivity contribution in [2.75, 3.05) is 21.3 Å². The molecule has 1 aromatic heterocycles. The molecule has 1 aliphatic heterocycles. The van der Waals surface area contributed by atoms with Crippen LogP contribution in [0, 0.1) is 0 Å². The number of Topliss-reactive ketones (excluding diaryl/α,β-unsaturated/α-hetero) is 1. The van der Waals surface area contributed by atoms with Crippen LogP contribution in [0.1, 0.15) is 28.4 Å². The van der Waals surface area contributed by atoms with Crippen LogP contribution >= 0.6 is 0 Å². The first-order chi connectivity index (χ1) is 20.7. The number of rotatable bonds is 6. The van der Waals surface area contributed by atoms with Crippen LogP contribution in [0.2, 0.25) is 0 Å². The van der Waals surface area contributed by atoms with E-state index in [9.17, 15) is 24.9 Å². The lowest BCUT2D eigenvalue weighted by Crippen LogP contribution is -2.21. The van der Waals surface area contributed by atoms with Gasteiger partial charge in [-0.15, -0.1) is 0 Å². The zero-order valence-electron chi connectivity index (χ0n) is 23.3. The quantitative estimate of drug-likeness (QED) is 0.219. The average molecular weight is 583 g/mol. The van der Waals surface area contributed by atoms with Gasteiger partial charge in [0.05, 0.1) is 33.3 Å². The summed E-state index contributed by atoms with van der Waals surface area (Å²) < 4.78 is 28.9. The third-order valence-electron chi connectivity index (χ3n) is 7.39. The van der Waals surface area contributed by atoms with Gasteiger partial charge in [-0.05, 0) is 35.9 Å². The number of phenolic OH excluding ortho intramolecular Hbond substituents is 3. The molecule has 0 fully saturated rings. The largest absolute Gasteiger partial charge is 0.508 e. The van der Waals surface area contributed by atoms with Crippen molar-refractivity contribution >= 4 is 16.8 Å². The molecule has 4 aromatic carbocycles. The highest BCUT2D eigenvalue weighted by Crippen LogP contribution is 2.52. The standard InChI is InChI=1S/C33H26O10/c1-39-19-7-4-16(5-8-19)26-14-23(37)32-24(38)15-28(41-3)30(33(32)43-26)20-10-17(6-9-25(20)40-2)27-13-22(36)31-21(35)11-18(34)12-29(31)42-27/h4-13,15,26,34-35,38H,14H2,1-3H3. The van der Waals surface area contributed by atoms with E-state index in [-0.39, 0.29) is 57.5 Å². The molecular weight excluding hydrogens is 556 g/mol. The molecule has 10 heteroatoms. The van der Waals surface area contributed by atoms with Crippen molar-refractivity contribution in [2.24, 2.45) is 0 Å². The van der Waals surface area contributed by atoms with Crippen LogP contribution in [0.5, 0.6) is 40.2 Å². The van der Waals surface area contributed by atoms with Gasteiger partial charge in [-0.2, -0.15) is 0 Å². The Hall–Kier alpha value is -5.64. The third-order valence-corrected chi connectivity index (χ3v) is 7.39. The van der Waals surface area contributed by atoms with Crippen LogP contribution < -0.4 is 24.4 Å². The summed E-state index contributed by atoms with van der Waals surface area (Å²) in [5, 5.41) is 30.9. The normalized spacial score (nSPS) is 14.2. The number of benzene rings is 4. The van der Waals surface area contributed by atoms with E-state index in [0.717, 1.165) is 11.6 Å². The second-order valence-corrected chi connectivity index (χ2v) is 9.91. The van der Waals surface area contributed by atoms with E-state index < -0.39 is 17.3 Å². The van der Waals surface area contributed by atoms with Crippen molar-refractivity contribution in [1.29, 1.82) is 0 Å². The van der Waals surface area contributed by atoms with Crippen molar-refractivity contribution in [2.45, 2.75) is 12.5 Å². The molecule has 0 spiro atoms. The maximum Gasteiger partial charge on any atom is 0.197 e. The molecule has 1 aliphatic rings. The van der Waals surface area contributed by atoms with Gasteiger partial charge in [0.25, 0.3) is 0 Å². The fourth-order valence-corrected chi connectivity index (χ4v) is 5.34. The number of phenols is 3. The summed E-state index contributed by atoms with van der Waals surface area (Å²) in [6.07, 6.45) is -0.665. The summed E-state index contributed by atoms with van der Waals surface area (Å²) >= 11 is 0. The molecule has 0 radical (unpaired) electrons. The highest BCUT2D eigenvalue weighted by atomic mass is 16.5. The summed E-state index contributed by atoms with van der Waals surface area (Å²) in [5.41, 5.74) is 1.44. The zero-order valence-corrected chi connectivity index (χ0v) is 23.3. The number of fused-ring (bicyclic) bond motifs is 2. The Morgan fingerprint density at radius 2 is 1.51 bits per heavy atom. The highest BCUT2D eigenvalue weighted by Gasteiger charge is 2.35. The molecule has 43 heavy (non-hydrogen) atoms. The first-order valence-electron chi connectivity index (χ1n) is 13.2. The number of carbonyl (C=O) groups is 1. The van der Waals surface area contributed by atoms with Gasteiger partial charge in [0.2, 0.25) is 0 Å². The molecule has 0 aliphatic carbocycles. The van der Waals surface area contributed by atoms with E-state index in [1.165, 1.54) is 32.4 Å². The first kappa shape index (κ1) is 27.5. The van der Waals surface area contributed by atoms with Crippen LogP contribution in [0.15, 0.2) is 75.9 Å². The van der Waals surface area contributed by atoms with Crippen LogP contribution in [-0.2, 0) is 0 Å². The molecule has 0 amide bonds. The minimum Gasteiger partial charge on any atom is -0.508 e. The lowest BCUT2D eigenvalue weighted by atomic mass is 9.90. The molecule has 0 bridgehead atoms. The number of ether oxygens (including phenoxy) is 4. The zero-order chi connectivity index (χ0) is 30.4. The monoisotopic (exact) mass is 582 g/mol. The van der Waals surface area contributed by atoms with Crippen LogP contribution in [-0.4, -0.2) is 42.4 Å². The number of hydrogen-bond donors (Lipinski definition) is 3. The third kappa shape index (κ3) is 4.72. The van der Waals surface area contributed by atoms with E-state index >= 15 is 0 Å².